The van der Waals surface area contributed by atoms with Crippen molar-refractivity contribution in [1.82, 2.24) is 14.8 Å². The summed E-state index contributed by atoms with van der Waals surface area (Å²) in [5, 5.41) is 10.2. The van der Waals surface area contributed by atoms with Gasteiger partial charge in [-0.3, -0.25) is 0 Å². The second kappa shape index (κ2) is 4.44. The Bertz CT molecular complexity index is 515. The minimum absolute atomic E-state index is 0.143. The third-order valence-electron chi connectivity index (χ3n) is 2.24. The second-order valence-corrected chi connectivity index (χ2v) is 3.47. The molecular formula is C10H9F3N4. The molecular weight excluding hydrogens is 233 g/mol. The van der Waals surface area contributed by atoms with Crippen LogP contribution in [0.2, 0.25) is 0 Å². The number of hydrogen-bond donors (Lipinski definition) is 1. The number of aromatic nitrogens is 3. The first kappa shape index (κ1) is 11.4. The van der Waals surface area contributed by atoms with Gasteiger partial charge in [0.05, 0.1) is 6.54 Å². The highest BCUT2D eigenvalue weighted by atomic mass is 19.2. The Balaban J connectivity index is 2.12. The number of halogens is 3. The second-order valence-electron chi connectivity index (χ2n) is 3.47. The van der Waals surface area contributed by atoms with Gasteiger partial charge in [0.15, 0.2) is 23.3 Å². The lowest BCUT2D eigenvalue weighted by Gasteiger charge is -2.06. The van der Waals surface area contributed by atoms with Gasteiger partial charge < -0.3 is 9.88 Å². The summed E-state index contributed by atoms with van der Waals surface area (Å²) in [6.07, 6.45) is 1.50. The van der Waals surface area contributed by atoms with E-state index in [0.717, 1.165) is 12.1 Å². The molecule has 0 spiro atoms. The predicted molar refractivity (Wildman–Crippen MR) is 54.6 cm³/mol. The SMILES string of the molecule is Cn1cnnc1CNc1cc(F)c(F)c(F)c1. The summed E-state index contributed by atoms with van der Waals surface area (Å²) < 4.78 is 40.1. The average molecular weight is 242 g/mol. The lowest BCUT2D eigenvalue weighted by molar-refractivity contribution is 0.447. The van der Waals surface area contributed by atoms with Crippen molar-refractivity contribution in [1.29, 1.82) is 0 Å². The van der Waals surface area contributed by atoms with Crippen LogP contribution in [0.25, 0.3) is 0 Å². The zero-order valence-electron chi connectivity index (χ0n) is 8.91. The summed E-state index contributed by atoms with van der Waals surface area (Å²) in [5.74, 6) is -3.35. The van der Waals surface area contributed by atoms with Gasteiger partial charge >= 0.3 is 0 Å². The third-order valence-corrected chi connectivity index (χ3v) is 2.24. The van der Waals surface area contributed by atoms with Crippen molar-refractivity contribution in [2.45, 2.75) is 6.54 Å². The fraction of sp³-hybridized carbons (Fsp3) is 0.200. The summed E-state index contributed by atoms with van der Waals surface area (Å²) >= 11 is 0. The molecule has 0 bridgehead atoms. The van der Waals surface area contributed by atoms with Crippen molar-refractivity contribution < 1.29 is 13.2 Å². The molecule has 2 rings (SSSR count). The van der Waals surface area contributed by atoms with Crippen LogP contribution in [-0.4, -0.2) is 14.8 Å². The van der Waals surface area contributed by atoms with Gasteiger partial charge in [-0.25, -0.2) is 13.2 Å². The monoisotopic (exact) mass is 242 g/mol. The highest BCUT2D eigenvalue weighted by Crippen LogP contribution is 2.17. The number of nitrogens with one attached hydrogen (secondary N) is 1. The van der Waals surface area contributed by atoms with Gasteiger partial charge in [0, 0.05) is 24.9 Å². The van der Waals surface area contributed by atoms with Crippen LogP contribution in [0.3, 0.4) is 0 Å². The van der Waals surface area contributed by atoms with E-state index in [2.05, 4.69) is 15.5 Å². The highest BCUT2D eigenvalue weighted by molar-refractivity contribution is 5.44. The summed E-state index contributed by atoms with van der Waals surface area (Å²) in [4.78, 5) is 0. The fourth-order valence-corrected chi connectivity index (χ4v) is 1.31. The maximum Gasteiger partial charge on any atom is 0.194 e. The predicted octanol–water partition coefficient (Wildman–Crippen LogP) is 1.84. The minimum atomic E-state index is -1.48. The molecule has 90 valence electrons. The smallest absolute Gasteiger partial charge is 0.194 e. The van der Waals surface area contributed by atoms with Crippen molar-refractivity contribution in [3.8, 4) is 0 Å². The Hall–Kier alpha value is -2.05. The van der Waals surface area contributed by atoms with E-state index >= 15 is 0 Å². The topological polar surface area (TPSA) is 42.7 Å². The van der Waals surface area contributed by atoms with Gasteiger partial charge in [-0.2, -0.15) is 0 Å². The highest BCUT2D eigenvalue weighted by Gasteiger charge is 2.10. The molecule has 1 aromatic carbocycles. The lowest BCUT2D eigenvalue weighted by atomic mass is 10.3. The molecule has 0 fully saturated rings. The summed E-state index contributed by atoms with van der Waals surface area (Å²) in [5.41, 5.74) is 0.143. The molecule has 0 saturated carbocycles. The first-order valence-electron chi connectivity index (χ1n) is 4.79. The van der Waals surface area contributed by atoms with Crippen LogP contribution in [0.4, 0.5) is 18.9 Å². The molecule has 0 aliphatic rings. The van der Waals surface area contributed by atoms with Crippen LogP contribution in [-0.2, 0) is 13.6 Å². The Labute approximate surface area is 95.1 Å². The van der Waals surface area contributed by atoms with E-state index in [-0.39, 0.29) is 12.2 Å². The number of rotatable bonds is 3. The average Bonchev–Trinajstić information content (AvgIpc) is 2.69. The van der Waals surface area contributed by atoms with Gasteiger partial charge in [-0.1, -0.05) is 0 Å². The third kappa shape index (κ3) is 2.38. The zero-order valence-corrected chi connectivity index (χ0v) is 8.91. The van der Waals surface area contributed by atoms with Crippen molar-refractivity contribution >= 4 is 5.69 Å². The Morgan fingerprint density at radius 1 is 1.24 bits per heavy atom. The molecule has 0 aliphatic heterocycles. The molecule has 0 unspecified atom stereocenters. The van der Waals surface area contributed by atoms with Crippen LogP contribution in [0.5, 0.6) is 0 Å². The van der Waals surface area contributed by atoms with Crippen molar-refractivity contribution in [2.75, 3.05) is 5.32 Å². The molecule has 4 nitrogen and oxygen atoms in total. The van der Waals surface area contributed by atoms with E-state index in [1.165, 1.54) is 6.33 Å². The number of nitrogens with zero attached hydrogens (tertiary/aromatic N) is 3. The Morgan fingerprint density at radius 3 is 2.41 bits per heavy atom. The molecule has 1 N–H and O–H groups in total. The number of hydrogen-bond acceptors (Lipinski definition) is 3. The molecule has 0 radical (unpaired) electrons. The van der Waals surface area contributed by atoms with E-state index < -0.39 is 17.5 Å². The molecule has 17 heavy (non-hydrogen) atoms. The summed E-state index contributed by atoms with van der Waals surface area (Å²) in [6, 6.07) is 1.77. The first-order chi connectivity index (χ1) is 8.08. The molecule has 1 aromatic heterocycles. The van der Waals surface area contributed by atoms with E-state index in [1.54, 1.807) is 11.6 Å². The van der Waals surface area contributed by atoms with Gasteiger partial charge in [0.1, 0.15) is 6.33 Å². The minimum Gasteiger partial charge on any atom is -0.378 e. The Morgan fingerprint density at radius 2 is 1.88 bits per heavy atom. The molecule has 0 amide bonds. The standard InChI is InChI=1S/C10H9F3N4/c1-17-5-15-16-9(17)4-14-6-2-7(11)10(13)8(12)3-6/h2-3,5,14H,4H2,1H3. The fourth-order valence-electron chi connectivity index (χ4n) is 1.31. The molecule has 1 heterocycles. The molecule has 0 atom stereocenters. The lowest BCUT2D eigenvalue weighted by Crippen LogP contribution is -2.06. The molecule has 0 aliphatic carbocycles. The van der Waals surface area contributed by atoms with Crippen LogP contribution >= 0.6 is 0 Å². The van der Waals surface area contributed by atoms with Crippen molar-refractivity contribution in [3.05, 3.63) is 41.7 Å². The van der Waals surface area contributed by atoms with Crippen LogP contribution in [0, 0.1) is 17.5 Å². The van der Waals surface area contributed by atoms with Crippen LogP contribution < -0.4 is 5.32 Å². The van der Waals surface area contributed by atoms with E-state index in [4.69, 9.17) is 0 Å². The van der Waals surface area contributed by atoms with Gasteiger partial charge in [-0.05, 0) is 0 Å². The number of benzene rings is 1. The maximum absolute atomic E-state index is 12.9. The first-order valence-corrected chi connectivity index (χ1v) is 4.79. The molecule has 2 aromatic rings. The van der Waals surface area contributed by atoms with Gasteiger partial charge in [0.25, 0.3) is 0 Å². The summed E-state index contributed by atoms with van der Waals surface area (Å²) in [6.45, 7) is 0.237. The normalized spacial score (nSPS) is 10.6. The zero-order chi connectivity index (χ0) is 12.4. The van der Waals surface area contributed by atoms with Gasteiger partial charge in [0.2, 0.25) is 0 Å². The van der Waals surface area contributed by atoms with Crippen molar-refractivity contribution in [3.63, 3.8) is 0 Å². The molecule has 0 saturated heterocycles. The largest absolute Gasteiger partial charge is 0.378 e. The van der Waals surface area contributed by atoms with Crippen LogP contribution in [0.15, 0.2) is 18.5 Å². The summed E-state index contributed by atoms with van der Waals surface area (Å²) in [7, 11) is 1.74. The molecule has 7 heteroatoms. The number of aryl methyl sites for hydroxylation is 1. The van der Waals surface area contributed by atoms with Crippen LogP contribution in [0.1, 0.15) is 5.82 Å². The Kier molecular flexibility index (Phi) is 2.99. The quantitative estimate of drug-likeness (QED) is 0.835. The van der Waals surface area contributed by atoms with Gasteiger partial charge in [-0.15, -0.1) is 10.2 Å². The van der Waals surface area contributed by atoms with Crippen molar-refractivity contribution in [2.24, 2.45) is 7.05 Å². The maximum atomic E-state index is 12.9. The van der Waals surface area contributed by atoms with E-state index in [9.17, 15) is 13.2 Å². The number of anilines is 1. The van der Waals surface area contributed by atoms with E-state index in [0.29, 0.717) is 5.82 Å². The van der Waals surface area contributed by atoms with E-state index in [1.807, 2.05) is 0 Å².